The average molecular weight is 275 g/mol. The maximum absolute atomic E-state index is 5.16. The third-order valence-electron chi connectivity index (χ3n) is 2.98. The summed E-state index contributed by atoms with van der Waals surface area (Å²) >= 11 is 0. The van der Waals surface area contributed by atoms with Gasteiger partial charge in [0.15, 0.2) is 5.96 Å². The monoisotopic (exact) mass is 275 g/mol. The summed E-state index contributed by atoms with van der Waals surface area (Å²) in [7, 11) is 5.52. The normalized spacial score (nSPS) is 11.7. The molecule has 4 nitrogen and oxygen atoms in total. The summed E-state index contributed by atoms with van der Waals surface area (Å²) in [5, 5.41) is 3.35. The van der Waals surface area contributed by atoms with Crippen LogP contribution in [0.5, 0.6) is 5.75 Å². The van der Waals surface area contributed by atoms with Crippen LogP contribution in [0, 0.1) is 0 Å². The molecule has 0 saturated heterocycles. The van der Waals surface area contributed by atoms with Crippen LogP contribution in [0.2, 0.25) is 0 Å². The van der Waals surface area contributed by atoms with Crippen LogP contribution in [0.3, 0.4) is 0 Å². The molecule has 4 heteroatoms. The van der Waals surface area contributed by atoms with Gasteiger partial charge < -0.3 is 15.0 Å². The second-order valence-electron chi connectivity index (χ2n) is 4.54. The van der Waals surface area contributed by atoms with Gasteiger partial charge in [-0.25, -0.2) is 0 Å². The topological polar surface area (TPSA) is 36.9 Å². The van der Waals surface area contributed by atoms with Crippen LogP contribution in [-0.4, -0.2) is 38.6 Å². The zero-order valence-electron chi connectivity index (χ0n) is 12.9. The molecule has 1 rings (SSSR count). The molecule has 0 saturated carbocycles. The van der Waals surface area contributed by atoms with Crippen molar-refractivity contribution in [2.75, 3.05) is 27.7 Å². The molecule has 0 radical (unpaired) electrons. The molecule has 1 N–H and O–H groups in total. The van der Waals surface area contributed by atoms with Gasteiger partial charge in [0.2, 0.25) is 0 Å². The third-order valence-corrected chi connectivity index (χ3v) is 2.98. The maximum Gasteiger partial charge on any atom is 0.193 e. The van der Waals surface area contributed by atoms with Crippen molar-refractivity contribution < 1.29 is 4.74 Å². The predicted molar refractivity (Wildman–Crippen MR) is 85.3 cm³/mol. The molecule has 0 fully saturated rings. The van der Waals surface area contributed by atoms with E-state index in [2.05, 4.69) is 39.5 Å². The van der Waals surface area contributed by atoms with Gasteiger partial charge in [0.25, 0.3) is 0 Å². The fourth-order valence-electron chi connectivity index (χ4n) is 1.90. The molecule has 0 aliphatic carbocycles. The quantitative estimate of drug-likeness (QED) is 0.375. The van der Waals surface area contributed by atoms with Gasteiger partial charge in [-0.2, -0.15) is 0 Å². The summed E-state index contributed by atoms with van der Waals surface area (Å²) in [5.41, 5.74) is 1.23. The molecule has 0 aliphatic heterocycles. The molecule has 0 spiro atoms. The van der Waals surface area contributed by atoms with Crippen molar-refractivity contribution in [3.05, 3.63) is 42.0 Å². The van der Waals surface area contributed by atoms with Crippen molar-refractivity contribution in [3.8, 4) is 5.75 Å². The van der Waals surface area contributed by atoms with Gasteiger partial charge in [-0.1, -0.05) is 24.3 Å². The molecular weight excluding hydrogens is 250 g/mol. The smallest absolute Gasteiger partial charge is 0.193 e. The molecule has 0 heterocycles. The number of rotatable bonds is 6. The fraction of sp³-hybridized carbons (Fsp3) is 0.438. The lowest BCUT2D eigenvalue weighted by molar-refractivity contribution is 0.414. The summed E-state index contributed by atoms with van der Waals surface area (Å²) in [6.07, 6.45) is 5.21. The Morgan fingerprint density at radius 3 is 2.60 bits per heavy atom. The Balaban J connectivity index is 2.51. The Hall–Kier alpha value is -1.97. The minimum Gasteiger partial charge on any atom is -0.497 e. The van der Waals surface area contributed by atoms with Crippen molar-refractivity contribution in [1.82, 2.24) is 10.2 Å². The van der Waals surface area contributed by atoms with E-state index in [-0.39, 0.29) is 0 Å². The first-order valence-electron chi connectivity index (χ1n) is 6.87. The van der Waals surface area contributed by atoms with Crippen molar-refractivity contribution >= 4 is 5.96 Å². The highest BCUT2D eigenvalue weighted by Gasteiger charge is 2.05. The molecular formula is C16H25N3O. The Bertz CT molecular complexity index is 438. The van der Waals surface area contributed by atoms with Crippen LogP contribution in [0.25, 0.3) is 0 Å². The molecule has 0 atom stereocenters. The van der Waals surface area contributed by atoms with Gasteiger partial charge in [-0.05, 0) is 31.0 Å². The number of hydrogen-bond acceptors (Lipinski definition) is 2. The molecule has 1 aromatic carbocycles. The third kappa shape index (κ3) is 5.34. The standard InChI is InChI=1S/C16H25N3O/c1-5-6-7-12-18-16(17-2)19(3)13-14-8-10-15(20-4)11-9-14/h5-6,8-11H,7,12-13H2,1-4H3,(H,17,18). The number of hydrogen-bond donors (Lipinski definition) is 1. The minimum absolute atomic E-state index is 0.813. The Kier molecular flexibility index (Phi) is 7.25. The Labute approximate surface area is 122 Å². The fourth-order valence-corrected chi connectivity index (χ4v) is 1.90. The molecule has 20 heavy (non-hydrogen) atoms. The number of aliphatic imine (C=N–C) groups is 1. The number of nitrogens with zero attached hydrogens (tertiary/aromatic N) is 2. The minimum atomic E-state index is 0.813. The summed E-state index contributed by atoms with van der Waals surface area (Å²) in [5.74, 6) is 1.79. The number of allylic oxidation sites excluding steroid dienone is 1. The van der Waals surface area contributed by atoms with Crippen LogP contribution in [0.4, 0.5) is 0 Å². The molecule has 110 valence electrons. The van der Waals surface area contributed by atoms with E-state index in [0.29, 0.717) is 0 Å². The van der Waals surface area contributed by atoms with Gasteiger partial charge in [0.05, 0.1) is 7.11 Å². The summed E-state index contributed by atoms with van der Waals surface area (Å²) in [6, 6.07) is 8.10. The van der Waals surface area contributed by atoms with Gasteiger partial charge in [-0.3, -0.25) is 4.99 Å². The number of nitrogens with one attached hydrogen (secondary N) is 1. The van der Waals surface area contributed by atoms with E-state index < -0.39 is 0 Å². The van der Waals surface area contributed by atoms with E-state index in [1.807, 2.05) is 33.2 Å². The Morgan fingerprint density at radius 1 is 1.35 bits per heavy atom. The highest BCUT2D eigenvalue weighted by atomic mass is 16.5. The molecule has 1 aromatic rings. The molecule has 0 aromatic heterocycles. The van der Waals surface area contributed by atoms with Crippen LogP contribution in [0.1, 0.15) is 18.9 Å². The van der Waals surface area contributed by atoms with E-state index in [9.17, 15) is 0 Å². The summed E-state index contributed by atoms with van der Waals surface area (Å²) in [4.78, 5) is 6.41. The van der Waals surface area contributed by atoms with Gasteiger partial charge in [0, 0.05) is 27.2 Å². The Morgan fingerprint density at radius 2 is 2.05 bits per heavy atom. The maximum atomic E-state index is 5.16. The highest BCUT2D eigenvalue weighted by molar-refractivity contribution is 5.79. The number of methoxy groups -OCH3 is 1. The van der Waals surface area contributed by atoms with Crippen LogP contribution >= 0.6 is 0 Å². The molecule has 0 bridgehead atoms. The van der Waals surface area contributed by atoms with Gasteiger partial charge in [-0.15, -0.1) is 0 Å². The first-order valence-corrected chi connectivity index (χ1v) is 6.87. The zero-order valence-corrected chi connectivity index (χ0v) is 12.9. The zero-order chi connectivity index (χ0) is 14.8. The lowest BCUT2D eigenvalue weighted by Crippen LogP contribution is -2.38. The van der Waals surface area contributed by atoms with E-state index in [1.54, 1.807) is 7.11 Å². The van der Waals surface area contributed by atoms with Gasteiger partial charge >= 0.3 is 0 Å². The largest absolute Gasteiger partial charge is 0.497 e. The van der Waals surface area contributed by atoms with Crippen LogP contribution < -0.4 is 10.1 Å². The molecule has 0 aliphatic rings. The first-order chi connectivity index (χ1) is 9.71. The van der Waals surface area contributed by atoms with Crippen LogP contribution in [-0.2, 0) is 6.54 Å². The SMILES string of the molecule is CC=CCCNC(=NC)N(C)Cc1ccc(OC)cc1. The second-order valence-corrected chi connectivity index (χ2v) is 4.54. The lowest BCUT2D eigenvalue weighted by atomic mass is 10.2. The number of guanidine groups is 1. The number of ether oxygens (including phenoxy) is 1. The predicted octanol–water partition coefficient (Wildman–Crippen LogP) is 2.67. The van der Waals surface area contributed by atoms with Crippen molar-refractivity contribution in [2.24, 2.45) is 4.99 Å². The van der Waals surface area contributed by atoms with E-state index in [4.69, 9.17) is 4.74 Å². The second kappa shape index (κ2) is 9.02. The van der Waals surface area contributed by atoms with Crippen molar-refractivity contribution in [2.45, 2.75) is 19.9 Å². The first kappa shape index (κ1) is 16.1. The van der Waals surface area contributed by atoms with E-state index >= 15 is 0 Å². The summed E-state index contributed by atoms with van der Waals surface area (Å²) < 4.78 is 5.16. The van der Waals surface area contributed by atoms with Crippen molar-refractivity contribution in [1.29, 1.82) is 0 Å². The van der Waals surface area contributed by atoms with Crippen molar-refractivity contribution in [3.63, 3.8) is 0 Å². The lowest BCUT2D eigenvalue weighted by Gasteiger charge is -2.22. The molecule has 0 amide bonds. The van der Waals surface area contributed by atoms with Gasteiger partial charge in [0.1, 0.15) is 5.75 Å². The van der Waals surface area contributed by atoms with E-state index in [1.165, 1.54) is 5.56 Å². The summed E-state index contributed by atoms with van der Waals surface area (Å²) in [6.45, 7) is 3.74. The number of benzene rings is 1. The highest BCUT2D eigenvalue weighted by Crippen LogP contribution is 2.12. The average Bonchev–Trinajstić information content (AvgIpc) is 2.48. The van der Waals surface area contributed by atoms with E-state index in [0.717, 1.165) is 31.2 Å². The van der Waals surface area contributed by atoms with Crippen LogP contribution in [0.15, 0.2) is 41.4 Å². The molecule has 0 unspecified atom stereocenters.